The average Bonchev–Trinajstić information content (AvgIpc) is 3.02. The van der Waals surface area contributed by atoms with Gasteiger partial charge in [-0.1, -0.05) is 0 Å². The standard InChI is InChI=1S/C19H19BrO7/c1-3-24-15-10-12(9-14(20)16(15)25-11(2)21)8-13-17(22)26-19(27-18(13)23)6-4-5-7-19/h8-10H,3-7H2,1-2H3. The molecule has 3 rings (SSSR count). The topological polar surface area (TPSA) is 88.1 Å². The van der Waals surface area contributed by atoms with Gasteiger partial charge in [-0.3, -0.25) is 4.79 Å². The highest BCUT2D eigenvalue weighted by atomic mass is 79.9. The number of rotatable bonds is 4. The fourth-order valence-electron chi connectivity index (χ4n) is 3.13. The zero-order valence-corrected chi connectivity index (χ0v) is 16.6. The van der Waals surface area contributed by atoms with Crippen LogP contribution in [0, 0.1) is 0 Å². The van der Waals surface area contributed by atoms with E-state index in [-0.39, 0.29) is 11.3 Å². The lowest BCUT2D eigenvalue weighted by Crippen LogP contribution is -2.44. The lowest BCUT2D eigenvalue weighted by molar-refractivity contribution is -0.232. The lowest BCUT2D eigenvalue weighted by atomic mass is 10.1. The van der Waals surface area contributed by atoms with Gasteiger partial charge in [-0.05, 0) is 59.5 Å². The van der Waals surface area contributed by atoms with E-state index in [1.165, 1.54) is 13.0 Å². The molecule has 1 aromatic rings. The van der Waals surface area contributed by atoms with Gasteiger partial charge in [0.05, 0.1) is 11.1 Å². The van der Waals surface area contributed by atoms with Crippen molar-refractivity contribution >= 4 is 39.9 Å². The highest BCUT2D eigenvalue weighted by Crippen LogP contribution is 2.40. The maximum Gasteiger partial charge on any atom is 0.348 e. The zero-order chi connectivity index (χ0) is 19.6. The number of carbonyl (C=O) groups is 3. The molecule has 0 N–H and O–H groups in total. The second-order valence-corrected chi connectivity index (χ2v) is 7.17. The molecule has 0 aromatic heterocycles. The summed E-state index contributed by atoms with van der Waals surface area (Å²) in [7, 11) is 0. The van der Waals surface area contributed by atoms with E-state index in [9.17, 15) is 14.4 Å². The first-order chi connectivity index (χ1) is 12.8. The van der Waals surface area contributed by atoms with Crippen molar-refractivity contribution in [2.24, 2.45) is 0 Å². The molecule has 1 spiro atoms. The van der Waals surface area contributed by atoms with E-state index in [0.717, 1.165) is 12.8 Å². The van der Waals surface area contributed by atoms with Crippen LogP contribution in [-0.2, 0) is 23.9 Å². The highest BCUT2D eigenvalue weighted by Gasteiger charge is 2.47. The Morgan fingerprint density at radius 1 is 1.22 bits per heavy atom. The van der Waals surface area contributed by atoms with Crippen LogP contribution >= 0.6 is 15.9 Å². The van der Waals surface area contributed by atoms with E-state index in [0.29, 0.717) is 35.2 Å². The van der Waals surface area contributed by atoms with Crippen molar-refractivity contribution in [2.75, 3.05) is 6.61 Å². The van der Waals surface area contributed by atoms with Crippen molar-refractivity contribution in [3.63, 3.8) is 0 Å². The molecule has 1 aromatic carbocycles. The van der Waals surface area contributed by atoms with E-state index >= 15 is 0 Å². The molecule has 7 nitrogen and oxygen atoms in total. The van der Waals surface area contributed by atoms with Crippen LogP contribution in [0.2, 0.25) is 0 Å². The number of ether oxygens (including phenoxy) is 4. The predicted molar refractivity (Wildman–Crippen MR) is 98.0 cm³/mol. The quantitative estimate of drug-likeness (QED) is 0.307. The van der Waals surface area contributed by atoms with E-state index in [4.69, 9.17) is 18.9 Å². The predicted octanol–water partition coefficient (Wildman–Crippen LogP) is 3.53. The van der Waals surface area contributed by atoms with Gasteiger partial charge in [0.15, 0.2) is 11.5 Å². The van der Waals surface area contributed by atoms with E-state index < -0.39 is 23.7 Å². The molecule has 0 atom stereocenters. The van der Waals surface area contributed by atoms with Crippen molar-refractivity contribution in [1.82, 2.24) is 0 Å². The van der Waals surface area contributed by atoms with Gasteiger partial charge in [-0.25, -0.2) is 9.59 Å². The van der Waals surface area contributed by atoms with Gasteiger partial charge >= 0.3 is 17.9 Å². The Morgan fingerprint density at radius 3 is 2.41 bits per heavy atom. The monoisotopic (exact) mass is 438 g/mol. The minimum absolute atomic E-state index is 0.192. The first-order valence-electron chi connectivity index (χ1n) is 8.67. The number of benzene rings is 1. The van der Waals surface area contributed by atoms with Crippen LogP contribution in [0.5, 0.6) is 11.5 Å². The van der Waals surface area contributed by atoms with Crippen molar-refractivity contribution in [2.45, 2.75) is 45.3 Å². The number of esters is 3. The second-order valence-electron chi connectivity index (χ2n) is 6.31. The Morgan fingerprint density at radius 2 is 1.85 bits per heavy atom. The van der Waals surface area contributed by atoms with Crippen molar-refractivity contribution in [3.8, 4) is 11.5 Å². The largest absolute Gasteiger partial charge is 0.490 e. The van der Waals surface area contributed by atoms with Crippen LogP contribution in [0.25, 0.3) is 6.08 Å². The molecule has 1 aliphatic heterocycles. The van der Waals surface area contributed by atoms with Crippen LogP contribution < -0.4 is 9.47 Å². The first-order valence-corrected chi connectivity index (χ1v) is 9.46. The molecule has 2 aliphatic rings. The van der Waals surface area contributed by atoms with Gasteiger partial charge in [0.25, 0.3) is 5.79 Å². The fraction of sp³-hybridized carbons (Fsp3) is 0.421. The van der Waals surface area contributed by atoms with Crippen LogP contribution in [0.4, 0.5) is 0 Å². The summed E-state index contributed by atoms with van der Waals surface area (Å²) in [6.07, 6.45) is 4.12. The molecule has 0 amide bonds. The van der Waals surface area contributed by atoms with E-state index in [1.807, 2.05) is 0 Å². The summed E-state index contributed by atoms with van der Waals surface area (Å²) in [5.41, 5.74) is 0.301. The molecular weight excluding hydrogens is 420 g/mol. The Labute approximate surface area is 164 Å². The molecule has 8 heteroatoms. The normalized spacial score (nSPS) is 18.1. The molecule has 0 radical (unpaired) electrons. The summed E-state index contributed by atoms with van der Waals surface area (Å²) < 4.78 is 21.9. The third kappa shape index (κ3) is 4.16. The molecule has 0 unspecified atom stereocenters. The zero-order valence-electron chi connectivity index (χ0n) is 15.0. The number of halogens is 1. The number of carbonyl (C=O) groups excluding carboxylic acids is 3. The summed E-state index contributed by atoms with van der Waals surface area (Å²) in [6.45, 7) is 3.41. The molecule has 2 fully saturated rings. The molecule has 1 heterocycles. The number of hydrogen-bond acceptors (Lipinski definition) is 7. The van der Waals surface area contributed by atoms with Crippen molar-refractivity contribution in [3.05, 3.63) is 27.7 Å². The minimum Gasteiger partial charge on any atom is -0.490 e. The van der Waals surface area contributed by atoms with Crippen LogP contribution in [0.15, 0.2) is 22.2 Å². The SMILES string of the molecule is CCOc1cc(C=C2C(=O)OC3(CCCC3)OC2=O)cc(Br)c1OC(C)=O. The van der Waals surface area contributed by atoms with Gasteiger partial charge < -0.3 is 18.9 Å². The van der Waals surface area contributed by atoms with Crippen LogP contribution in [-0.4, -0.2) is 30.3 Å². The molecule has 1 saturated carbocycles. The number of hydrogen-bond donors (Lipinski definition) is 0. The van der Waals surface area contributed by atoms with Crippen molar-refractivity contribution in [1.29, 1.82) is 0 Å². The first kappa shape index (κ1) is 19.4. The van der Waals surface area contributed by atoms with Crippen LogP contribution in [0.1, 0.15) is 45.1 Å². The summed E-state index contributed by atoms with van der Waals surface area (Å²) in [5.74, 6) is -2.48. The Kier molecular flexibility index (Phi) is 5.55. The van der Waals surface area contributed by atoms with Gasteiger partial charge in [-0.15, -0.1) is 0 Å². The average molecular weight is 439 g/mol. The Bertz CT molecular complexity index is 800. The fourth-order valence-corrected chi connectivity index (χ4v) is 3.67. The maximum atomic E-state index is 12.4. The van der Waals surface area contributed by atoms with E-state index in [1.54, 1.807) is 19.1 Å². The van der Waals surface area contributed by atoms with Gasteiger partial charge in [0.2, 0.25) is 0 Å². The van der Waals surface area contributed by atoms with Gasteiger partial charge in [0, 0.05) is 19.8 Å². The summed E-state index contributed by atoms with van der Waals surface area (Å²) in [6, 6.07) is 3.17. The molecule has 144 valence electrons. The summed E-state index contributed by atoms with van der Waals surface area (Å²) in [4.78, 5) is 36.0. The summed E-state index contributed by atoms with van der Waals surface area (Å²) in [5, 5.41) is 0. The van der Waals surface area contributed by atoms with Gasteiger partial charge in [-0.2, -0.15) is 0 Å². The molecule has 0 bridgehead atoms. The third-order valence-corrected chi connectivity index (χ3v) is 4.84. The van der Waals surface area contributed by atoms with E-state index in [2.05, 4.69) is 15.9 Å². The van der Waals surface area contributed by atoms with Crippen molar-refractivity contribution < 1.29 is 33.3 Å². The lowest BCUT2D eigenvalue weighted by Gasteiger charge is -2.32. The highest BCUT2D eigenvalue weighted by molar-refractivity contribution is 9.10. The molecule has 1 saturated heterocycles. The molecule has 1 aliphatic carbocycles. The third-order valence-electron chi connectivity index (χ3n) is 4.25. The smallest absolute Gasteiger partial charge is 0.348 e. The summed E-state index contributed by atoms with van der Waals surface area (Å²) >= 11 is 3.32. The molecule has 27 heavy (non-hydrogen) atoms. The minimum atomic E-state index is -1.11. The van der Waals surface area contributed by atoms with Gasteiger partial charge in [0.1, 0.15) is 5.57 Å². The van der Waals surface area contributed by atoms with Crippen LogP contribution in [0.3, 0.4) is 0 Å². The maximum absolute atomic E-state index is 12.4. The Balaban J connectivity index is 1.93. The Hall–Kier alpha value is -2.35. The second kappa shape index (κ2) is 7.72. The molecular formula is C19H19BrO7.